The fourth-order valence-electron chi connectivity index (χ4n) is 9.64. The zero-order chi connectivity index (χ0) is 47.5. The molecule has 4 aromatic heterocycles. The van der Waals surface area contributed by atoms with Crippen molar-refractivity contribution in [3.63, 3.8) is 0 Å². The fourth-order valence-corrected chi connectivity index (χ4v) is 11.8. The van der Waals surface area contributed by atoms with Crippen LogP contribution in [0.25, 0.3) is 64.5 Å². The number of thiophene rings is 2. The number of benzene rings is 4. The lowest BCUT2D eigenvalue weighted by Crippen LogP contribution is -2.44. The van der Waals surface area contributed by atoms with E-state index < -0.39 is 0 Å². The second-order valence-electron chi connectivity index (χ2n) is 17.9. The van der Waals surface area contributed by atoms with Gasteiger partial charge in [0.05, 0.1) is 51.2 Å². The monoisotopic (exact) mass is 952 g/mol. The number of carbonyl (C=O) groups excluding carboxylic acids is 4. The van der Waals surface area contributed by atoms with Crippen LogP contribution in [0.2, 0.25) is 0 Å². The van der Waals surface area contributed by atoms with Crippen LogP contribution in [0.15, 0.2) is 110 Å². The first-order valence-electron chi connectivity index (χ1n) is 22.9. The number of hydrogen-bond acceptors (Lipinski definition) is 12. The Kier molecular flexibility index (Phi) is 11.3. The summed E-state index contributed by atoms with van der Waals surface area (Å²) in [5, 5.41) is 23.2. The molecule has 2 unspecified atom stereocenters. The molecule has 0 aliphatic carbocycles. The first-order chi connectivity index (χ1) is 33.5. The van der Waals surface area contributed by atoms with Crippen molar-refractivity contribution < 1.29 is 19.2 Å². The van der Waals surface area contributed by atoms with Gasteiger partial charge in [-0.3, -0.25) is 19.2 Å². The van der Waals surface area contributed by atoms with Crippen molar-refractivity contribution in [3.05, 3.63) is 126 Å². The zero-order valence-electron chi connectivity index (χ0n) is 38.0. The van der Waals surface area contributed by atoms with Crippen LogP contribution in [-0.2, 0) is 16.0 Å². The Morgan fingerprint density at radius 3 is 1.97 bits per heavy atom. The average Bonchev–Trinajstić information content (AvgIpc) is 3.85. The van der Waals surface area contributed by atoms with E-state index >= 15 is 0 Å². The Hall–Kier alpha value is -7.66. The number of carbonyl (C=O) groups is 4. The van der Waals surface area contributed by atoms with E-state index in [2.05, 4.69) is 80.1 Å². The van der Waals surface area contributed by atoms with Gasteiger partial charge in [-0.1, -0.05) is 19.2 Å². The Bertz CT molecular complexity index is 3480. The largest absolute Gasteiger partial charge is 0.381 e. The Balaban J connectivity index is 0.879. The maximum atomic E-state index is 14.1. The molecular weight excluding hydrogens is 905 g/mol. The van der Waals surface area contributed by atoms with E-state index in [1.165, 1.54) is 34.8 Å². The van der Waals surface area contributed by atoms with Gasteiger partial charge in [-0.2, -0.15) is 0 Å². The molecule has 4 aromatic carbocycles. The molecule has 1 fully saturated rings. The van der Waals surface area contributed by atoms with E-state index in [0.717, 1.165) is 108 Å². The van der Waals surface area contributed by atoms with Crippen LogP contribution in [0.5, 0.6) is 0 Å². The molecule has 14 nitrogen and oxygen atoms in total. The quantitative estimate of drug-likeness (QED) is 0.0768. The van der Waals surface area contributed by atoms with Crippen LogP contribution in [-0.4, -0.2) is 96.9 Å². The van der Waals surface area contributed by atoms with E-state index in [0.29, 0.717) is 46.3 Å². The van der Waals surface area contributed by atoms with E-state index in [1.807, 2.05) is 73.7 Å². The predicted octanol–water partition coefficient (Wildman–Crippen LogP) is 8.86. The molecule has 8 aromatic rings. The maximum Gasteiger partial charge on any atom is 0.263 e. The Morgan fingerprint density at radius 2 is 1.32 bits per heavy atom. The van der Waals surface area contributed by atoms with Crippen molar-refractivity contribution in [3.8, 4) is 22.5 Å². The van der Waals surface area contributed by atoms with Gasteiger partial charge in [0.15, 0.2) is 0 Å². The molecule has 346 valence electrons. The molecule has 6 N–H and O–H groups in total. The number of rotatable bonds is 9. The lowest BCUT2D eigenvalue weighted by atomic mass is 9.99. The molecule has 0 bridgehead atoms. The maximum absolute atomic E-state index is 14.1. The molecule has 7 heterocycles. The van der Waals surface area contributed by atoms with Crippen molar-refractivity contribution in [2.24, 2.45) is 0 Å². The molecule has 0 radical (unpaired) electrons. The number of nitrogens with zero attached hydrogens (tertiary/aromatic N) is 4. The minimum absolute atomic E-state index is 0.00343. The first-order valence-corrected chi connectivity index (χ1v) is 24.5. The molecule has 3 aliphatic heterocycles. The van der Waals surface area contributed by atoms with Crippen LogP contribution in [0, 0.1) is 0 Å². The van der Waals surface area contributed by atoms with Crippen molar-refractivity contribution in [2.75, 3.05) is 72.5 Å². The van der Waals surface area contributed by atoms with Gasteiger partial charge in [0, 0.05) is 93.1 Å². The van der Waals surface area contributed by atoms with Gasteiger partial charge in [-0.25, -0.2) is 9.97 Å². The SMILES string of the molecule is C=CC(=O)Nc1cc(CC2CNc3c(sc4ccc5nc(-c6ccc(N7CCN(C)CC7)c(NC(=O)C=C)c6)ccc5c34)C(=O)N2)cc(-c2ccc3c(ccc4sc5c(c43)NCC(C)NC5=O)n2)c1. The standard InChI is InChI=1S/C53H48N10O4S2/c1-5-44(64)57-32-22-29(21-31(24-32)37-11-9-35-39(60-37)13-16-42-46(35)48-50(68-42)52(66)56-28(3)26-54-48)23-33-27-55-49-47-34-8-10-36(59-38(34)12-15-43(47)69-51(49)53(67)58-33)30-7-14-41(40(25-30)61-45(65)6-2)63-19-17-62(4)18-20-63/h5-16,21-22,24-25,28,33,54-55H,1-2,17-20,23,26-27H2,3-4H3,(H,56,66)(H,57,64)(H,58,67)(H,61,65). The minimum atomic E-state index is -0.341. The number of likely N-dealkylation sites (N-methyl/N-ethyl adjacent to an activating group) is 1. The van der Waals surface area contributed by atoms with Crippen LogP contribution in [0.3, 0.4) is 0 Å². The third-order valence-corrected chi connectivity index (χ3v) is 15.4. The predicted molar refractivity (Wildman–Crippen MR) is 281 cm³/mol. The number of aromatic nitrogens is 2. The third-order valence-electron chi connectivity index (χ3n) is 13.1. The molecule has 4 amide bonds. The zero-order valence-corrected chi connectivity index (χ0v) is 39.6. The summed E-state index contributed by atoms with van der Waals surface area (Å²) in [4.78, 5) is 68.4. The normalized spacial score (nSPS) is 17.2. The summed E-state index contributed by atoms with van der Waals surface area (Å²) in [7, 11) is 2.11. The minimum Gasteiger partial charge on any atom is -0.381 e. The summed E-state index contributed by atoms with van der Waals surface area (Å²) in [6.07, 6.45) is 2.98. The van der Waals surface area contributed by atoms with Crippen LogP contribution in [0.1, 0.15) is 31.8 Å². The smallest absolute Gasteiger partial charge is 0.263 e. The second-order valence-corrected chi connectivity index (χ2v) is 20.0. The molecule has 11 rings (SSSR count). The molecular formula is C53H48N10O4S2. The number of pyridine rings is 2. The van der Waals surface area contributed by atoms with Gasteiger partial charge in [0.25, 0.3) is 11.8 Å². The summed E-state index contributed by atoms with van der Waals surface area (Å²) in [5.74, 6) is -0.863. The lowest BCUT2D eigenvalue weighted by Gasteiger charge is -2.35. The number of fused-ring (bicyclic) bond motifs is 10. The highest BCUT2D eigenvalue weighted by molar-refractivity contribution is 7.22. The second kappa shape index (κ2) is 17.8. The van der Waals surface area contributed by atoms with Gasteiger partial charge in [0.2, 0.25) is 11.8 Å². The van der Waals surface area contributed by atoms with Crippen molar-refractivity contribution >= 4 is 117 Å². The van der Waals surface area contributed by atoms with E-state index in [-0.39, 0.29) is 35.7 Å². The van der Waals surface area contributed by atoms with E-state index in [4.69, 9.17) is 9.97 Å². The van der Waals surface area contributed by atoms with E-state index in [9.17, 15) is 19.2 Å². The van der Waals surface area contributed by atoms with Gasteiger partial charge in [-0.05, 0) is 117 Å². The average molecular weight is 953 g/mol. The number of anilines is 5. The van der Waals surface area contributed by atoms with Crippen LogP contribution < -0.4 is 36.8 Å². The molecule has 0 spiro atoms. The first kappa shape index (κ1) is 43.9. The molecule has 16 heteroatoms. The molecule has 0 saturated carbocycles. The highest BCUT2D eigenvalue weighted by Gasteiger charge is 2.29. The van der Waals surface area contributed by atoms with Gasteiger partial charge in [0.1, 0.15) is 9.75 Å². The number of piperazine rings is 1. The lowest BCUT2D eigenvalue weighted by molar-refractivity contribution is -0.112. The topological polar surface area (TPSA) is 173 Å². The van der Waals surface area contributed by atoms with Gasteiger partial charge >= 0.3 is 0 Å². The fraction of sp³-hybridized carbons (Fsp3) is 0.208. The number of nitrogens with one attached hydrogen (secondary N) is 6. The highest BCUT2D eigenvalue weighted by atomic mass is 32.1. The molecule has 1 saturated heterocycles. The highest BCUT2D eigenvalue weighted by Crippen LogP contribution is 2.43. The van der Waals surface area contributed by atoms with E-state index in [1.54, 1.807) is 0 Å². The summed E-state index contributed by atoms with van der Waals surface area (Å²) in [6.45, 7) is 13.9. The van der Waals surface area contributed by atoms with Crippen LogP contribution in [0.4, 0.5) is 28.4 Å². The summed E-state index contributed by atoms with van der Waals surface area (Å²) >= 11 is 2.92. The van der Waals surface area contributed by atoms with Crippen molar-refractivity contribution in [2.45, 2.75) is 25.4 Å². The van der Waals surface area contributed by atoms with Crippen molar-refractivity contribution in [1.82, 2.24) is 25.5 Å². The summed E-state index contributed by atoms with van der Waals surface area (Å²) < 4.78 is 1.97. The molecule has 3 aliphatic rings. The van der Waals surface area contributed by atoms with Gasteiger partial charge in [-0.15, -0.1) is 22.7 Å². The van der Waals surface area contributed by atoms with Crippen molar-refractivity contribution in [1.29, 1.82) is 0 Å². The Morgan fingerprint density at radius 1 is 0.710 bits per heavy atom. The summed E-state index contributed by atoms with van der Waals surface area (Å²) in [6, 6.07) is 27.7. The third kappa shape index (κ3) is 8.30. The Labute approximate surface area is 405 Å². The van der Waals surface area contributed by atoms with Gasteiger partial charge < -0.3 is 41.7 Å². The number of amides is 4. The number of hydrogen-bond donors (Lipinski definition) is 6. The van der Waals surface area contributed by atoms with Crippen LogP contribution >= 0.6 is 22.7 Å². The molecule has 2 atom stereocenters. The molecule has 69 heavy (non-hydrogen) atoms. The summed E-state index contributed by atoms with van der Waals surface area (Å²) in [5.41, 5.74) is 9.44.